The average Bonchev–Trinajstić information content (AvgIpc) is 2.95. The molecular weight excluding hydrogens is 238 g/mol. The van der Waals surface area contributed by atoms with Crippen LogP contribution < -0.4 is 5.32 Å². The minimum atomic E-state index is 0.00820. The Bertz CT molecular complexity index is 454. The van der Waals surface area contributed by atoms with Crippen molar-refractivity contribution >= 4 is 5.78 Å². The topological polar surface area (TPSA) is 46.9 Å². The predicted molar refractivity (Wildman–Crippen MR) is 74.1 cm³/mol. The molecule has 0 bridgehead atoms. The Morgan fingerprint density at radius 1 is 1.37 bits per heavy atom. The van der Waals surface area contributed by atoms with E-state index in [1.807, 2.05) is 17.8 Å². The molecule has 2 heterocycles. The lowest BCUT2D eigenvalue weighted by Crippen LogP contribution is -2.52. The summed E-state index contributed by atoms with van der Waals surface area (Å²) < 4.78 is 1.82. The fourth-order valence-corrected chi connectivity index (χ4v) is 3.57. The van der Waals surface area contributed by atoms with Gasteiger partial charge in [-0.25, -0.2) is 0 Å². The summed E-state index contributed by atoms with van der Waals surface area (Å²) in [5.74, 6) is 1.03. The standard InChI is InChI=1S/C15H23N3O/c1-2-18-10-12(9-16-18)15(19)14-8-7-11-5-3-4-6-13(11)17-14/h9-11,13-14,17H,2-8H2,1H3. The van der Waals surface area contributed by atoms with Gasteiger partial charge in [-0.2, -0.15) is 5.10 Å². The molecule has 1 aliphatic heterocycles. The van der Waals surface area contributed by atoms with E-state index in [-0.39, 0.29) is 11.8 Å². The van der Waals surface area contributed by atoms with E-state index in [0.29, 0.717) is 6.04 Å². The normalized spacial score (nSPS) is 30.9. The van der Waals surface area contributed by atoms with Crippen LogP contribution in [0.4, 0.5) is 0 Å². The third kappa shape index (κ3) is 2.59. The zero-order chi connectivity index (χ0) is 13.2. The number of aromatic nitrogens is 2. The molecule has 1 saturated heterocycles. The van der Waals surface area contributed by atoms with Crippen LogP contribution in [-0.4, -0.2) is 27.6 Å². The maximum absolute atomic E-state index is 12.5. The number of carbonyl (C=O) groups excluding carboxylic acids is 1. The van der Waals surface area contributed by atoms with Crippen molar-refractivity contribution in [2.45, 2.75) is 64.1 Å². The Hall–Kier alpha value is -1.16. The van der Waals surface area contributed by atoms with Gasteiger partial charge in [0, 0.05) is 18.8 Å². The van der Waals surface area contributed by atoms with Crippen molar-refractivity contribution in [2.24, 2.45) is 5.92 Å². The molecule has 3 rings (SSSR count). The summed E-state index contributed by atoms with van der Waals surface area (Å²) in [4.78, 5) is 12.5. The number of fused-ring (bicyclic) bond motifs is 1. The van der Waals surface area contributed by atoms with Crippen molar-refractivity contribution in [3.63, 3.8) is 0 Å². The Morgan fingerprint density at radius 3 is 3.00 bits per heavy atom. The molecule has 1 N–H and O–H groups in total. The molecule has 1 aromatic rings. The first-order chi connectivity index (χ1) is 9.28. The molecule has 19 heavy (non-hydrogen) atoms. The van der Waals surface area contributed by atoms with Crippen LogP contribution >= 0.6 is 0 Å². The molecule has 0 radical (unpaired) electrons. The number of Topliss-reactive ketones (excluding diaryl/α,β-unsaturated/α-hetero) is 1. The van der Waals surface area contributed by atoms with Crippen molar-refractivity contribution in [2.75, 3.05) is 0 Å². The van der Waals surface area contributed by atoms with Crippen LogP contribution in [0, 0.1) is 5.92 Å². The fourth-order valence-electron chi connectivity index (χ4n) is 3.57. The number of aryl methyl sites for hydroxylation is 1. The number of carbonyl (C=O) groups is 1. The first-order valence-electron chi connectivity index (χ1n) is 7.60. The van der Waals surface area contributed by atoms with Crippen LogP contribution in [-0.2, 0) is 6.54 Å². The van der Waals surface area contributed by atoms with Gasteiger partial charge < -0.3 is 5.32 Å². The molecule has 4 heteroatoms. The number of nitrogens with zero attached hydrogens (tertiary/aromatic N) is 2. The molecule has 1 aromatic heterocycles. The average molecular weight is 261 g/mol. The number of piperidine rings is 1. The van der Waals surface area contributed by atoms with Gasteiger partial charge in [-0.3, -0.25) is 9.48 Å². The van der Waals surface area contributed by atoms with E-state index in [1.165, 1.54) is 32.1 Å². The van der Waals surface area contributed by atoms with E-state index in [4.69, 9.17) is 0 Å². The molecule has 0 amide bonds. The lowest BCUT2D eigenvalue weighted by atomic mass is 9.77. The number of rotatable bonds is 3. The number of hydrogen-bond acceptors (Lipinski definition) is 3. The van der Waals surface area contributed by atoms with Crippen LogP contribution in [0.2, 0.25) is 0 Å². The second-order valence-corrected chi connectivity index (χ2v) is 5.90. The van der Waals surface area contributed by atoms with E-state index in [0.717, 1.165) is 24.4 Å². The first kappa shape index (κ1) is 12.9. The van der Waals surface area contributed by atoms with Gasteiger partial charge in [0.15, 0.2) is 5.78 Å². The van der Waals surface area contributed by atoms with Crippen LogP contribution in [0.15, 0.2) is 12.4 Å². The van der Waals surface area contributed by atoms with Crippen molar-refractivity contribution in [1.29, 1.82) is 0 Å². The quantitative estimate of drug-likeness (QED) is 0.850. The highest BCUT2D eigenvalue weighted by molar-refractivity contribution is 5.99. The molecule has 4 nitrogen and oxygen atoms in total. The van der Waals surface area contributed by atoms with Gasteiger partial charge in [-0.15, -0.1) is 0 Å². The van der Waals surface area contributed by atoms with Crippen molar-refractivity contribution in [3.05, 3.63) is 18.0 Å². The van der Waals surface area contributed by atoms with E-state index < -0.39 is 0 Å². The molecule has 2 aliphatic rings. The van der Waals surface area contributed by atoms with Crippen LogP contribution in [0.3, 0.4) is 0 Å². The second-order valence-electron chi connectivity index (χ2n) is 5.90. The van der Waals surface area contributed by atoms with E-state index in [2.05, 4.69) is 10.4 Å². The van der Waals surface area contributed by atoms with Gasteiger partial charge in [-0.1, -0.05) is 12.8 Å². The highest BCUT2D eigenvalue weighted by atomic mass is 16.1. The van der Waals surface area contributed by atoms with Crippen LogP contribution in [0.5, 0.6) is 0 Å². The molecule has 104 valence electrons. The zero-order valence-electron chi connectivity index (χ0n) is 11.6. The van der Waals surface area contributed by atoms with E-state index >= 15 is 0 Å². The van der Waals surface area contributed by atoms with Crippen LogP contribution in [0.25, 0.3) is 0 Å². The van der Waals surface area contributed by atoms with Gasteiger partial charge in [0.2, 0.25) is 0 Å². The minimum Gasteiger partial charge on any atom is -0.304 e. The van der Waals surface area contributed by atoms with Gasteiger partial charge in [-0.05, 0) is 38.5 Å². The predicted octanol–water partition coefficient (Wildman–Crippen LogP) is 2.40. The van der Waals surface area contributed by atoms with Gasteiger partial charge in [0.25, 0.3) is 0 Å². The molecule has 1 saturated carbocycles. The van der Waals surface area contributed by atoms with E-state index in [1.54, 1.807) is 6.20 Å². The van der Waals surface area contributed by atoms with Gasteiger partial charge in [0.1, 0.15) is 0 Å². The van der Waals surface area contributed by atoms with Gasteiger partial charge in [0.05, 0.1) is 17.8 Å². The first-order valence-corrected chi connectivity index (χ1v) is 7.60. The van der Waals surface area contributed by atoms with Crippen LogP contribution in [0.1, 0.15) is 55.8 Å². The molecule has 0 spiro atoms. The Kier molecular flexibility index (Phi) is 3.69. The third-order valence-electron chi connectivity index (χ3n) is 4.71. The van der Waals surface area contributed by atoms with Crippen molar-refractivity contribution in [3.8, 4) is 0 Å². The summed E-state index contributed by atoms with van der Waals surface area (Å²) in [6.07, 6.45) is 11.0. The lowest BCUT2D eigenvalue weighted by Gasteiger charge is -2.39. The Labute approximate surface area is 114 Å². The summed E-state index contributed by atoms with van der Waals surface area (Å²) in [7, 11) is 0. The monoisotopic (exact) mass is 261 g/mol. The molecule has 2 fully saturated rings. The lowest BCUT2D eigenvalue weighted by molar-refractivity contribution is 0.0861. The number of nitrogens with one attached hydrogen (secondary N) is 1. The highest BCUT2D eigenvalue weighted by Gasteiger charge is 2.34. The van der Waals surface area contributed by atoms with Crippen molar-refractivity contribution < 1.29 is 4.79 Å². The van der Waals surface area contributed by atoms with E-state index in [9.17, 15) is 4.79 Å². The third-order valence-corrected chi connectivity index (χ3v) is 4.71. The molecular formula is C15H23N3O. The number of hydrogen-bond donors (Lipinski definition) is 1. The SMILES string of the molecule is CCn1cc(C(=O)C2CCC3CCCCC3N2)cn1. The molecule has 3 atom stereocenters. The Balaban J connectivity index is 1.67. The Morgan fingerprint density at radius 2 is 2.21 bits per heavy atom. The highest BCUT2D eigenvalue weighted by Crippen LogP contribution is 2.32. The summed E-state index contributed by atoms with van der Waals surface area (Å²) in [5, 5.41) is 7.79. The summed E-state index contributed by atoms with van der Waals surface area (Å²) in [5.41, 5.74) is 0.758. The number of ketones is 1. The summed E-state index contributed by atoms with van der Waals surface area (Å²) in [6.45, 7) is 2.85. The minimum absolute atomic E-state index is 0.00820. The summed E-state index contributed by atoms with van der Waals surface area (Å²) in [6, 6.07) is 0.575. The molecule has 1 aliphatic carbocycles. The second kappa shape index (κ2) is 5.45. The fraction of sp³-hybridized carbons (Fsp3) is 0.733. The molecule has 3 unspecified atom stereocenters. The zero-order valence-corrected chi connectivity index (χ0v) is 11.6. The smallest absolute Gasteiger partial charge is 0.182 e. The van der Waals surface area contributed by atoms with Crippen molar-refractivity contribution in [1.82, 2.24) is 15.1 Å². The maximum atomic E-state index is 12.5. The van der Waals surface area contributed by atoms with Gasteiger partial charge >= 0.3 is 0 Å². The summed E-state index contributed by atoms with van der Waals surface area (Å²) >= 11 is 0. The maximum Gasteiger partial charge on any atom is 0.182 e. The largest absolute Gasteiger partial charge is 0.304 e. The molecule has 0 aromatic carbocycles.